The van der Waals surface area contributed by atoms with E-state index in [1.807, 2.05) is 71.6 Å². The van der Waals surface area contributed by atoms with Gasteiger partial charge >= 0.3 is 0 Å². The van der Waals surface area contributed by atoms with E-state index in [0.717, 1.165) is 31.8 Å². The predicted octanol–water partition coefficient (Wildman–Crippen LogP) is 6.10. The number of benzene rings is 3. The van der Waals surface area contributed by atoms with Crippen molar-refractivity contribution in [1.82, 2.24) is 9.78 Å². The molecule has 4 nitrogen and oxygen atoms in total. The third kappa shape index (κ3) is 4.86. The summed E-state index contributed by atoms with van der Waals surface area (Å²) in [5, 5.41) is 7.69. The van der Waals surface area contributed by atoms with Crippen LogP contribution >= 0.6 is 22.6 Å². The molecule has 0 atom stereocenters. The summed E-state index contributed by atoms with van der Waals surface area (Å²) in [4.78, 5) is 12.4. The summed E-state index contributed by atoms with van der Waals surface area (Å²) in [5.41, 5.74) is 5.64. The molecule has 1 aromatic heterocycles. The van der Waals surface area contributed by atoms with Crippen molar-refractivity contribution in [1.29, 1.82) is 0 Å². The molecule has 0 radical (unpaired) electrons. The average molecular weight is 505 g/mol. The number of rotatable bonds is 5. The molecule has 4 aromatic rings. The van der Waals surface area contributed by atoms with Gasteiger partial charge in [0, 0.05) is 32.7 Å². The third-order valence-electron chi connectivity index (χ3n) is 4.59. The van der Waals surface area contributed by atoms with E-state index in [-0.39, 0.29) is 5.91 Å². The maximum atomic E-state index is 12.4. The van der Waals surface area contributed by atoms with Crippen LogP contribution in [0.25, 0.3) is 23.0 Å². The third-order valence-corrected chi connectivity index (χ3v) is 5.27. The van der Waals surface area contributed by atoms with Crippen LogP contribution in [0.3, 0.4) is 0 Å². The van der Waals surface area contributed by atoms with Crippen molar-refractivity contribution in [2.75, 3.05) is 5.32 Å². The number of nitrogens with zero attached hydrogens (tertiary/aromatic N) is 2. The zero-order valence-corrected chi connectivity index (χ0v) is 18.6. The largest absolute Gasteiger partial charge is 0.322 e. The highest BCUT2D eigenvalue weighted by Crippen LogP contribution is 2.25. The van der Waals surface area contributed by atoms with E-state index in [1.54, 1.807) is 6.08 Å². The number of amides is 1. The first-order chi connectivity index (χ1) is 14.6. The molecule has 0 spiro atoms. The minimum absolute atomic E-state index is 0.181. The molecular formula is C25H20IN3O. The highest BCUT2D eigenvalue weighted by Gasteiger charge is 2.11. The molecular weight excluding hydrogens is 485 g/mol. The second kappa shape index (κ2) is 9.09. The predicted molar refractivity (Wildman–Crippen MR) is 131 cm³/mol. The van der Waals surface area contributed by atoms with Gasteiger partial charge in [0.05, 0.1) is 11.4 Å². The number of aryl methyl sites for hydroxylation is 1. The highest BCUT2D eigenvalue weighted by molar-refractivity contribution is 14.1. The van der Waals surface area contributed by atoms with Crippen LogP contribution < -0.4 is 5.32 Å². The number of para-hydroxylation sites is 1. The average Bonchev–Trinajstić information content (AvgIpc) is 3.18. The summed E-state index contributed by atoms with van der Waals surface area (Å²) >= 11 is 2.22. The van der Waals surface area contributed by atoms with Crippen molar-refractivity contribution >= 4 is 40.3 Å². The second-order valence-electron chi connectivity index (χ2n) is 6.91. The Bertz CT molecular complexity index is 1190. The molecule has 5 heteroatoms. The van der Waals surface area contributed by atoms with Crippen molar-refractivity contribution in [2.24, 2.45) is 0 Å². The van der Waals surface area contributed by atoms with E-state index >= 15 is 0 Å². The minimum Gasteiger partial charge on any atom is -0.322 e. The van der Waals surface area contributed by atoms with Crippen LogP contribution in [0.5, 0.6) is 0 Å². The molecule has 0 saturated carbocycles. The first-order valence-corrected chi connectivity index (χ1v) is 10.6. The maximum Gasteiger partial charge on any atom is 0.248 e. The SMILES string of the molecule is Cc1ccc(-c2nn(-c3ccccc3)cc2/C=C/C(=O)Nc2cccc(I)c2)cc1. The van der Waals surface area contributed by atoms with Crippen LogP contribution in [0.4, 0.5) is 5.69 Å². The molecule has 148 valence electrons. The van der Waals surface area contributed by atoms with Gasteiger partial charge in [0.1, 0.15) is 0 Å². The van der Waals surface area contributed by atoms with Gasteiger partial charge in [-0.3, -0.25) is 4.79 Å². The fourth-order valence-corrected chi connectivity index (χ4v) is 3.62. The van der Waals surface area contributed by atoms with Gasteiger partial charge in [0.2, 0.25) is 5.91 Å². The lowest BCUT2D eigenvalue weighted by atomic mass is 10.1. The molecule has 1 amide bonds. The quantitative estimate of drug-likeness (QED) is 0.263. The molecule has 30 heavy (non-hydrogen) atoms. The fraction of sp³-hybridized carbons (Fsp3) is 0.0400. The van der Waals surface area contributed by atoms with E-state index in [1.165, 1.54) is 5.56 Å². The number of hydrogen-bond donors (Lipinski definition) is 1. The van der Waals surface area contributed by atoms with Crippen LogP contribution in [0.1, 0.15) is 11.1 Å². The Balaban J connectivity index is 1.65. The first kappa shape index (κ1) is 20.1. The number of carbonyl (C=O) groups is 1. The summed E-state index contributed by atoms with van der Waals surface area (Å²) in [6, 6.07) is 25.9. The summed E-state index contributed by atoms with van der Waals surface area (Å²) in [6.07, 6.45) is 5.30. The molecule has 1 N–H and O–H groups in total. The summed E-state index contributed by atoms with van der Waals surface area (Å²) in [7, 11) is 0. The Kier molecular flexibility index (Phi) is 6.09. The van der Waals surface area contributed by atoms with Crippen LogP contribution in [0.2, 0.25) is 0 Å². The van der Waals surface area contributed by atoms with Crippen molar-refractivity contribution in [3.63, 3.8) is 0 Å². The molecule has 4 rings (SSSR count). The van der Waals surface area contributed by atoms with E-state index < -0.39 is 0 Å². The van der Waals surface area contributed by atoms with Gasteiger partial charge in [-0.15, -0.1) is 0 Å². The molecule has 0 saturated heterocycles. The van der Waals surface area contributed by atoms with Gasteiger partial charge in [-0.25, -0.2) is 4.68 Å². The molecule has 0 aliphatic carbocycles. The molecule has 0 fully saturated rings. The van der Waals surface area contributed by atoms with Gasteiger partial charge in [0.25, 0.3) is 0 Å². The second-order valence-corrected chi connectivity index (χ2v) is 8.16. The zero-order chi connectivity index (χ0) is 20.9. The Hall–Kier alpha value is -3.19. The van der Waals surface area contributed by atoms with E-state index in [4.69, 9.17) is 5.10 Å². The lowest BCUT2D eigenvalue weighted by Gasteiger charge is -2.02. The number of aromatic nitrogens is 2. The molecule has 3 aromatic carbocycles. The van der Waals surface area contributed by atoms with Crippen molar-refractivity contribution in [3.8, 4) is 16.9 Å². The van der Waals surface area contributed by atoms with Gasteiger partial charge in [0.15, 0.2) is 0 Å². The zero-order valence-electron chi connectivity index (χ0n) is 16.4. The van der Waals surface area contributed by atoms with Crippen molar-refractivity contribution < 1.29 is 4.79 Å². The van der Waals surface area contributed by atoms with Crippen LogP contribution in [0, 0.1) is 10.5 Å². The van der Waals surface area contributed by atoms with Crippen LogP contribution in [0.15, 0.2) is 91.1 Å². The van der Waals surface area contributed by atoms with Gasteiger partial charge in [-0.1, -0.05) is 54.1 Å². The van der Waals surface area contributed by atoms with Crippen molar-refractivity contribution in [2.45, 2.75) is 6.92 Å². The maximum absolute atomic E-state index is 12.4. The summed E-state index contributed by atoms with van der Waals surface area (Å²) < 4.78 is 2.91. The Morgan fingerprint density at radius 1 is 1.00 bits per heavy atom. The molecule has 0 unspecified atom stereocenters. The van der Waals surface area contributed by atoms with Gasteiger partial charge in [-0.2, -0.15) is 5.10 Å². The van der Waals surface area contributed by atoms with Crippen LogP contribution in [-0.2, 0) is 4.79 Å². The Morgan fingerprint density at radius 3 is 2.50 bits per heavy atom. The minimum atomic E-state index is -0.181. The summed E-state index contributed by atoms with van der Waals surface area (Å²) in [5.74, 6) is -0.181. The van der Waals surface area contributed by atoms with Gasteiger partial charge in [-0.05, 0) is 65.9 Å². The van der Waals surface area contributed by atoms with E-state index in [0.29, 0.717) is 0 Å². The molecule has 0 bridgehead atoms. The lowest BCUT2D eigenvalue weighted by Crippen LogP contribution is -2.07. The Morgan fingerprint density at radius 2 is 1.77 bits per heavy atom. The molecule has 0 aliphatic heterocycles. The molecule has 0 aliphatic rings. The lowest BCUT2D eigenvalue weighted by molar-refractivity contribution is -0.111. The number of anilines is 1. The summed E-state index contributed by atoms with van der Waals surface area (Å²) in [6.45, 7) is 2.06. The Labute approximate surface area is 189 Å². The monoisotopic (exact) mass is 505 g/mol. The number of carbonyl (C=O) groups excluding carboxylic acids is 1. The van der Waals surface area contributed by atoms with E-state index in [9.17, 15) is 4.79 Å². The van der Waals surface area contributed by atoms with Crippen molar-refractivity contribution in [3.05, 3.63) is 106 Å². The van der Waals surface area contributed by atoms with E-state index in [2.05, 4.69) is 59.1 Å². The molecule has 1 heterocycles. The number of nitrogens with one attached hydrogen (secondary N) is 1. The normalized spacial score (nSPS) is 11.0. The number of hydrogen-bond acceptors (Lipinski definition) is 2. The van der Waals surface area contributed by atoms with Gasteiger partial charge < -0.3 is 5.32 Å². The topological polar surface area (TPSA) is 46.9 Å². The standard InChI is InChI=1S/C25H20IN3O/c1-18-10-12-19(13-11-18)25-20(17-29(28-25)23-8-3-2-4-9-23)14-15-24(30)27-22-7-5-6-21(26)16-22/h2-17H,1H3,(H,27,30)/b15-14+. The fourth-order valence-electron chi connectivity index (χ4n) is 3.07. The smallest absolute Gasteiger partial charge is 0.248 e. The first-order valence-electron chi connectivity index (χ1n) is 9.55. The number of halogens is 1. The van der Waals surface area contributed by atoms with Crippen LogP contribution in [-0.4, -0.2) is 15.7 Å². The highest BCUT2D eigenvalue weighted by atomic mass is 127.